The second-order valence-corrected chi connectivity index (χ2v) is 6.14. The van der Waals surface area contributed by atoms with E-state index in [0.717, 1.165) is 12.1 Å². The molecule has 0 aliphatic carbocycles. The lowest BCUT2D eigenvalue weighted by Gasteiger charge is -2.10. The Morgan fingerprint density at radius 2 is 1.79 bits per heavy atom. The van der Waals surface area contributed by atoms with E-state index >= 15 is 0 Å². The van der Waals surface area contributed by atoms with Crippen molar-refractivity contribution in [3.8, 4) is 17.0 Å². The van der Waals surface area contributed by atoms with Crippen LogP contribution in [0, 0.1) is 24.4 Å². The number of nitrogens with zero attached hydrogens (tertiary/aromatic N) is 1. The molecule has 5 nitrogen and oxygen atoms in total. The molecular weight excluding hydrogens is 375 g/mol. The van der Waals surface area contributed by atoms with Gasteiger partial charge in [-0.25, -0.2) is 13.2 Å². The fourth-order valence-electron chi connectivity index (χ4n) is 2.69. The van der Waals surface area contributed by atoms with E-state index in [2.05, 4.69) is 5.16 Å². The van der Waals surface area contributed by atoms with Crippen molar-refractivity contribution < 1.29 is 32.3 Å². The molecule has 28 heavy (non-hydrogen) atoms. The van der Waals surface area contributed by atoms with Crippen molar-refractivity contribution in [2.45, 2.75) is 26.4 Å². The number of hydrogen-bond donors (Lipinski definition) is 1. The summed E-state index contributed by atoms with van der Waals surface area (Å²) in [5, 5.41) is 12.6. The molecule has 1 aromatic heterocycles. The molecule has 8 heteroatoms. The highest BCUT2D eigenvalue weighted by atomic mass is 19.1. The van der Waals surface area contributed by atoms with Crippen molar-refractivity contribution >= 4 is 5.97 Å². The Morgan fingerprint density at radius 3 is 2.39 bits per heavy atom. The van der Waals surface area contributed by atoms with Crippen LogP contribution in [0.2, 0.25) is 0 Å². The highest BCUT2D eigenvalue weighted by molar-refractivity contribution is 5.67. The minimum Gasteiger partial charge on any atom is -0.483 e. The van der Waals surface area contributed by atoms with Gasteiger partial charge in [0.25, 0.3) is 0 Å². The number of aromatic nitrogens is 1. The van der Waals surface area contributed by atoms with Crippen molar-refractivity contribution in [1.29, 1.82) is 0 Å². The molecule has 0 aliphatic heterocycles. The second kappa shape index (κ2) is 8.16. The maximum absolute atomic E-state index is 14.2. The lowest BCUT2D eigenvalue weighted by molar-refractivity contribution is -0.136. The van der Waals surface area contributed by atoms with Crippen LogP contribution in [0.15, 0.2) is 40.9 Å². The van der Waals surface area contributed by atoms with Gasteiger partial charge in [0.2, 0.25) is 0 Å². The Bertz CT molecular complexity index is 976. The highest BCUT2D eigenvalue weighted by Crippen LogP contribution is 2.29. The monoisotopic (exact) mass is 391 g/mol. The van der Waals surface area contributed by atoms with Gasteiger partial charge >= 0.3 is 5.97 Å². The Kier molecular flexibility index (Phi) is 5.67. The number of halogens is 3. The second-order valence-electron chi connectivity index (χ2n) is 6.14. The molecular formula is C20H16F3NO4. The number of carboxylic acids is 1. The molecule has 0 aliphatic rings. The molecule has 0 bridgehead atoms. The van der Waals surface area contributed by atoms with Crippen LogP contribution in [0.3, 0.4) is 0 Å². The van der Waals surface area contributed by atoms with Crippen LogP contribution in [0.5, 0.6) is 5.75 Å². The van der Waals surface area contributed by atoms with Crippen molar-refractivity contribution in [2.75, 3.05) is 0 Å². The van der Waals surface area contributed by atoms with Crippen molar-refractivity contribution in [3.63, 3.8) is 0 Å². The van der Waals surface area contributed by atoms with E-state index in [1.807, 2.05) is 0 Å². The van der Waals surface area contributed by atoms with Crippen molar-refractivity contribution in [1.82, 2.24) is 5.16 Å². The maximum Gasteiger partial charge on any atom is 0.303 e. The molecule has 146 valence electrons. The summed E-state index contributed by atoms with van der Waals surface area (Å²) in [4.78, 5) is 10.6. The molecule has 0 radical (unpaired) electrons. The van der Waals surface area contributed by atoms with Gasteiger partial charge in [0.1, 0.15) is 23.9 Å². The standard InChI is InChI=1S/C20H16F3NO4/c1-11-15(19(24-28-11)13-3-5-14(21)6-4-13)10-27-20-16(22)8-12(9-17(20)23)2-7-18(25)26/h3-6,8-9H,2,7,10H2,1H3,(H,25,26). The molecule has 0 atom stereocenters. The third-order valence-corrected chi connectivity index (χ3v) is 4.15. The lowest BCUT2D eigenvalue weighted by Crippen LogP contribution is -2.04. The molecule has 3 aromatic rings. The van der Waals surface area contributed by atoms with Crippen molar-refractivity contribution in [2.24, 2.45) is 0 Å². The van der Waals surface area contributed by atoms with E-state index in [-0.39, 0.29) is 25.0 Å². The normalized spacial score (nSPS) is 10.9. The predicted molar refractivity (Wildman–Crippen MR) is 93.3 cm³/mol. The van der Waals surface area contributed by atoms with Gasteiger partial charge in [-0.2, -0.15) is 0 Å². The summed E-state index contributed by atoms with van der Waals surface area (Å²) in [6.07, 6.45) is -0.233. The molecule has 3 rings (SSSR count). The molecule has 0 fully saturated rings. The average molecular weight is 391 g/mol. The summed E-state index contributed by atoms with van der Waals surface area (Å²) in [6, 6.07) is 7.63. The Balaban J connectivity index is 1.80. The van der Waals surface area contributed by atoms with Crippen molar-refractivity contribution in [3.05, 3.63) is 70.7 Å². The molecule has 0 spiro atoms. The Labute approximate surface area is 158 Å². The van der Waals surface area contributed by atoms with Crippen LogP contribution in [0.4, 0.5) is 13.2 Å². The van der Waals surface area contributed by atoms with Gasteiger partial charge in [0.05, 0.1) is 5.56 Å². The van der Waals surface area contributed by atoms with Crippen LogP contribution >= 0.6 is 0 Å². The van der Waals surface area contributed by atoms with E-state index in [1.165, 1.54) is 24.3 Å². The number of ether oxygens (including phenoxy) is 1. The first-order valence-corrected chi connectivity index (χ1v) is 8.38. The molecule has 0 saturated carbocycles. The van der Waals surface area contributed by atoms with Gasteiger partial charge < -0.3 is 14.4 Å². The number of aryl methyl sites for hydroxylation is 2. The fourth-order valence-corrected chi connectivity index (χ4v) is 2.69. The number of benzene rings is 2. The smallest absolute Gasteiger partial charge is 0.303 e. The van der Waals surface area contributed by atoms with E-state index in [9.17, 15) is 18.0 Å². The minimum atomic E-state index is -1.06. The van der Waals surface area contributed by atoms with Crippen LogP contribution in [0.25, 0.3) is 11.3 Å². The number of aliphatic carboxylic acids is 1. The number of carbonyl (C=O) groups is 1. The molecule has 1 heterocycles. The van der Waals surface area contributed by atoms with Gasteiger partial charge in [0.15, 0.2) is 17.4 Å². The van der Waals surface area contributed by atoms with E-state index < -0.39 is 29.2 Å². The van der Waals surface area contributed by atoms with Gasteiger partial charge in [-0.05, 0) is 55.3 Å². The fraction of sp³-hybridized carbons (Fsp3) is 0.200. The van der Waals surface area contributed by atoms with Crippen LogP contribution < -0.4 is 4.74 Å². The number of rotatable bonds is 7. The predicted octanol–water partition coefficient (Wildman–Crippen LogP) is 4.66. The lowest BCUT2D eigenvalue weighted by atomic mass is 10.1. The molecule has 0 amide bonds. The molecule has 0 saturated heterocycles. The minimum absolute atomic E-state index is 0.00290. The third kappa shape index (κ3) is 4.33. The largest absolute Gasteiger partial charge is 0.483 e. The van der Waals surface area contributed by atoms with E-state index in [1.54, 1.807) is 6.92 Å². The van der Waals surface area contributed by atoms with E-state index in [0.29, 0.717) is 22.6 Å². The Hall–Kier alpha value is -3.29. The zero-order valence-corrected chi connectivity index (χ0v) is 14.8. The first-order chi connectivity index (χ1) is 13.3. The summed E-state index contributed by atoms with van der Waals surface area (Å²) >= 11 is 0. The van der Waals surface area contributed by atoms with Gasteiger partial charge in [-0.15, -0.1) is 0 Å². The highest BCUT2D eigenvalue weighted by Gasteiger charge is 2.19. The molecule has 1 N–H and O–H groups in total. The molecule has 2 aromatic carbocycles. The molecule has 0 unspecified atom stereocenters. The summed E-state index contributed by atoms with van der Waals surface area (Å²) in [6.45, 7) is 1.41. The van der Waals surface area contributed by atoms with Crippen LogP contribution in [-0.4, -0.2) is 16.2 Å². The first kappa shape index (κ1) is 19.5. The van der Waals surface area contributed by atoms with Crippen LogP contribution in [0.1, 0.15) is 23.3 Å². The van der Waals surface area contributed by atoms with Crippen LogP contribution in [-0.2, 0) is 17.8 Å². The summed E-state index contributed by atoms with van der Waals surface area (Å²) < 4.78 is 52.0. The summed E-state index contributed by atoms with van der Waals surface area (Å²) in [5.74, 6) is -3.51. The zero-order valence-electron chi connectivity index (χ0n) is 14.8. The number of carboxylic acid groups (broad SMARTS) is 1. The van der Waals surface area contributed by atoms with Gasteiger partial charge in [-0.1, -0.05) is 5.16 Å². The SMILES string of the molecule is Cc1onc(-c2ccc(F)cc2)c1COc1c(F)cc(CCC(=O)O)cc1F. The summed E-state index contributed by atoms with van der Waals surface area (Å²) in [5.41, 5.74) is 1.65. The Morgan fingerprint density at radius 1 is 1.14 bits per heavy atom. The van der Waals surface area contributed by atoms with Gasteiger partial charge in [-0.3, -0.25) is 4.79 Å². The average Bonchev–Trinajstić information content (AvgIpc) is 3.00. The first-order valence-electron chi connectivity index (χ1n) is 8.38. The topological polar surface area (TPSA) is 72.6 Å². The number of hydrogen-bond acceptors (Lipinski definition) is 4. The van der Waals surface area contributed by atoms with Gasteiger partial charge in [0, 0.05) is 12.0 Å². The maximum atomic E-state index is 14.2. The quantitative estimate of drug-likeness (QED) is 0.634. The zero-order chi connectivity index (χ0) is 20.3. The third-order valence-electron chi connectivity index (χ3n) is 4.15. The summed E-state index contributed by atoms with van der Waals surface area (Å²) in [7, 11) is 0. The van der Waals surface area contributed by atoms with E-state index in [4.69, 9.17) is 14.4 Å².